The van der Waals surface area contributed by atoms with Crippen molar-refractivity contribution in [2.45, 2.75) is 191 Å². The highest BCUT2D eigenvalue weighted by Gasteiger charge is 2.18. The van der Waals surface area contributed by atoms with E-state index in [0.29, 0.717) is 12.1 Å². The first-order valence-corrected chi connectivity index (χ1v) is 19.3. The third kappa shape index (κ3) is 33.3. The van der Waals surface area contributed by atoms with Crippen LogP contribution in [0.1, 0.15) is 168 Å². The average molecular weight is 643 g/mol. The van der Waals surface area contributed by atoms with Crippen molar-refractivity contribution < 1.29 is 4.74 Å². The van der Waals surface area contributed by atoms with Gasteiger partial charge in [0.1, 0.15) is 0 Å². The van der Waals surface area contributed by atoms with Crippen LogP contribution < -0.4 is 45.0 Å². The zero-order valence-corrected chi connectivity index (χ0v) is 30.2. The lowest BCUT2D eigenvalue weighted by Crippen LogP contribution is -2.51. The van der Waals surface area contributed by atoms with Crippen molar-refractivity contribution in [2.24, 2.45) is 34.4 Å². The Kier molecular flexibility index (Phi) is 30.7. The maximum Gasteiger partial charge on any atom is 0.0648 e. The van der Waals surface area contributed by atoms with E-state index in [2.05, 4.69) is 24.5 Å². The number of nitrogens with two attached hydrogens (primary N) is 6. The summed E-state index contributed by atoms with van der Waals surface area (Å²) in [5.41, 5.74) is 35.9. The zero-order valence-electron chi connectivity index (χ0n) is 30.2. The standard InChI is InChI=1S/C36H82N8O/c1-3-33(37)21-13-15-23-35(39,40)25-29-43-27-17-9-5-7-11-19-31-45-32-20-12-8-6-10-18-28-44-30-26-36(41,42)24-16-14-22-34(38)4-2/h33-34,43-44H,3-32,37-42H2,1-2H3. The van der Waals surface area contributed by atoms with Crippen LogP contribution in [0.25, 0.3) is 0 Å². The molecule has 0 aliphatic carbocycles. The lowest BCUT2D eigenvalue weighted by molar-refractivity contribution is 0.125. The largest absolute Gasteiger partial charge is 0.381 e. The quantitative estimate of drug-likeness (QED) is 0.0324. The Bertz CT molecular complexity index is 558. The summed E-state index contributed by atoms with van der Waals surface area (Å²) >= 11 is 0. The highest BCUT2D eigenvalue weighted by Crippen LogP contribution is 2.14. The second-order valence-corrected chi connectivity index (χ2v) is 14.1. The molecular weight excluding hydrogens is 560 g/mol. The Morgan fingerprint density at radius 3 is 1.18 bits per heavy atom. The van der Waals surface area contributed by atoms with Gasteiger partial charge in [-0.25, -0.2) is 0 Å². The van der Waals surface area contributed by atoms with Crippen LogP contribution in [0.4, 0.5) is 0 Å². The number of hydrogen-bond donors (Lipinski definition) is 8. The molecule has 0 saturated heterocycles. The summed E-state index contributed by atoms with van der Waals surface area (Å²) in [7, 11) is 0. The molecule has 0 amide bonds. The van der Waals surface area contributed by atoms with Crippen molar-refractivity contribution >= 4 is 0 Å². The molecule has 0 bridgehead atoms. The van der Waals surface area contributed by atoms with Crippen LogP contribution in [0, 0.1) is 0 Å². The first kappa shape index (κ1) is 44.6. The summed E-state index contributed by atoms with van der Waals surface area (Å²) in [5, 5.41) is 7.03. The van der Waals surface area contributed by atoms with Gasteiger partial charge < -0.3 is 49.8 Å². The van der Waals surface area contributed by atoms with Crippen LogP contribution >= 0.6 is 0 Å². The van der Waals surface area contributed by atoms with Crippen molar-refractivity contribution in [2.75, 3.05) is 39.4 Å². The highest BCUT2D eigenvalue weighted by atomic mass is 16.5. The van der Waals surface area contributed by atoms with Gasteiger partial charge in [0.25, 0.3) is 0 Å². The minimum Gasteiger partial charge on any atom is -0.381 e. The Morgan fingerprint density at radius 1 is 0.444 bits per heavy atom. The molecule has 14 N–H and O–H groups in total. The van der Waals surface area contributed by atoms with Crippen molar-refractivity contribution in [1.82, 2.24) is 10.6 Å². The summed E-state index contributed by atoms with van der Waals surface area (Å²) < 4.78 is 5.85. The Labute approximate surface area is 280 Å². The fraction of sp³-hybridized carbons (Fsp3) is 1.00. The van der Waals surface area contributed by atoms with Gasteiger partial charge in [-0.15, -0.1) is 0 Å². The van der Waals surface area contributed by atoms with Crippen LogP contribution in [0.2, 0.25) is 0 Å². The first-order valence-electron chi connectivity index (χ1n) is 19.3. The molecule has 0 fully saturated rings. The van der Waals surface area contributed by atoms with Crippen LogP contribution in [0.3, 0.4) is 0 Å². The predicted molar refractivity (Wildman–Crippen MR) is 197 cm³/mol. The highest BCUT2D eigenvalue weighted by molar-refractivity contribution is 4.79. The van der Waals surface area contributed by atoms with Crippen LogP contribution in [0.5, 0.6) is 0 Å². The minimum absolute atomic E-state index is 0.319. The van der Waals surface area contributed by atoms with Crippen molar-refractivity contribution in [3.63, 3.8) is 0 Å². The number of hydrogen-bond acceptors (Lipinski definition) is 9. The molecule has 0 heterocycles. The van der Waals surface area contributed by atoms with Gasteiger partial charge in [0, 0.05) is 25.3 Å². The van der Waals surface area contributed by atoms with Crippen LogP contribution in [-0.4, -0.2) is 62.8 Å². The van der Waals surface area contributed by atoms with Gasteiger partial charge in [-0.3, -0.25) is 0 Å². The molecule has 0 aromatic heterocycles. The summed E-state index contributed by atoms with van der Waals surface area (Å²) in [6.07, 6.45) is 27.2. The molecule has 0 aliphatic heterocycles. The van der Waals surface area contributed by atoms with E-state index in [9.17, 15) is 0 Å². The molecule has 9 heteroatoms. The number of unbranched alkanes of at least 4 members (excludes halogenated alkanes) is 12. The SMILES string of the molecule is CCC(N)CCCCC(N)(N)CCNCCCCCCCCOCCCCCCCCNCCC(N)(N)CCCCC(N)CC. The number of nitrogens with one attached hydrogen (secondary N) is 2. The van der Waals surface area contributed by atoms with E-state index in [1.54, 1.807) is 0 Å². The molecule has 45 heavy (non-hydrogen) atoms. The van der Waals surface area contributed by atoms with Gasteiger partial charge in [0.05, 0.1) is 11.3 Å². The first-order chi connectivity index (χ1) is 21.6. The second kappa shape index (κ2) is 30.9. The maximum atomic E-state index is 6.27. The summed E-state index contributed by atoms with van der Waals surface area (Å²) in [6, 6.07) is 0.637. The summed E-state index contributed by atoms with van der Waals surface area (Å²) in [6.45, 7) is 10.0. The molecule has 0 aromatic rings. The molecular formula is C36H82N8O. The molecule has 0 aromatic carbocycles. The Morgan fingerprint density at radius 2 is 0.800 bits per heavy atom. The predicted octanol–water partition coefficient (Wildman–Crippen LogP) is 5.47. The lowest BCUT2D eigenvalue weighted by atomic mass is 9.98. The minimum atomic E-state index is -0.557. The topological polar surface area (TPSA) is 189 Å². The van der Waals surface area contributed by atoms with E-state index >= 15 is 0 Å². The van der Waals surface area contributed by atoms with E-state index < -0.39 is 11.3 Å². The van der Waals surface area contributed by atoms with Crippen LogP contribution in [0.15, 0.2) is 0 Å². The van der Waals surface area contributed by atoms with Crippen molar-refractivity contribution in [3.05, 3.63) is 0 Å². The molecule has 2 atom stereocenters. The van der Waals surface area contributed by atoms with Gasteiger partial charge >= 0.3 is 0 Å². The van der Waals surface area contributed by atoms with Gasteiger partial charge in [-0.05, 0) is 103 Å². The van der Waals surface area contributed by atoms with Crippen molar-refractivity contribution in [3.8, 4) is 0 Å². The second-order valence-electron chi connectivity index (χ2n) is 14.1. The van der Waals surface area contributed by atoms with E-state index in [1.165, 1.54) is 77.0 Å². The van der Waals surface area contributed by atoms with Gasteiger partial charge in [-0.2, -0.15) is 0 Å². The monoisotopic (exact) mass is 643 g/mol. The van der Waals surface area contributed by atoms with Gasteiger partial charge in [-0.1, -0.05) is 90.9 Å². The molecule has 272 valence electrons. The zero-order chi connectivity index (χ0) is 33.5. The van der Waals surface area contributed by atoms with E-state index in [-0.39, 0.29) is 0 Å². The fourth-order valence-electron chi connectivity index (χ4n) is 5.70. The Hall–Kier alpha value is -0.360. The molecule has 0 radical (unpaired) electrons. The number of rotatable bonds is 36. The smallest absolute Gasteiger partial charge is 0.0648 e. The van der Waals surface area contributed by atoms with Gasteiger partial charge in [0.15, 0.2) is 0 Å². The van der Waals surface area contributed by atoms with Gasteiger partial charge in [0.2, 0.25) is 0 Å². The molecule has 0 spiro atoms. The molecule has 0 saturated carbocycles. The molecule has 0 rings (SSSR count). The van der Waals surface area contributed by atoms with E-state index in [0.717, 1.165) is 116 Å². The third-order valence-corrected chi connectivity index (χ3v) is 9.30. The molecule has 0 aliphatic rings. The van der Waals surface area contributed by atoms with E-state index in [1.807, 2.05) is 0 Å². The van der Waals surface area contributed by atoms with Crippen molar-refractivity contribution in [1.29, 1.82) is 0 Å². The summed E-state index contributed by atoms with van der Waals surface area (Å²) in [4.78, 5) is 0. The average Bonchev–Trinajstić information content (AvgIpc) is 3.01. The summed E-state index contributed by atoms with van der Waals surface area (Å²) in [5.74, 6) is 0. The Balaban J connectivity index is 3.30. The third-order valence-electron chi connectivity index (χ3n) is 9.30. The molecule has 9 nitrogen and oxygen atoms in total. The lowest BCUT2D eigenvalue weighted by Gasteiger charge is -2.25. The fourth-order valence-corrected chi connectivity index (χ4v) is 5.70. The normalized spacial score (nSPS) is 13.9. The molecule has 2 unspecified atom stereocenters. The maximum absolute atomic E-state index is 6.27. The van der Waals surface area contributed by atoms with Crippen LogP contribution in [-0.2, 0) is 4.74 Å². The number of ether oxygens (including phenoxy) is 1. The van der Waals surface area contributed by atoms with E-state index in [4.69, 9.17) is 39.1 Å².